The van der Waals surface area contributed by atoms with Crippen LogP contribution in [0.25, 0.3) is 0 Å². The summed E-state index contributed by atoms with van der Waals surface area (Å²) in [6, 6.07) is 8.98. The lowest BCUT2D eigenvalue weighted by molar-refractivity contribution is 1.15. The molecule has 0 aliphatic rings. The fraction of sp³-hybridized carbons (Fsp3) is 0.333. The molecule has 0 amide bonds. The van der Waals surface area contributed by atoms with Crippen LogP contribution in [-0.2, 0) is 0 Å². The molecule has 0 saturated carbocycles. The van der Waals surface area contributed by atoms with Gasteiger partial charge in [0.25, 0.3) is 0 Å². The average Bonchev–Trinajstić information content (AvgIpc) is 2.61. The normalized spacial score (nSPS) is 12.8. The lowest BCUT2D eigenvalue weighted by Gasteiger charge is -2.12. The van der Waals surface area contributed by atoms with E-state index >= 15 is 0 Å². The summed E-state index contributed by atoms with van der Waals surface area (Å²) >= 11 is 5.69. The zero-order chi connectivity index (χ0) is 12.6. The fourth-order valence-corrected chi connectivity index (χ4v) is 3.88. The van der Waals surface area contributed by atoms with Crippen LogP contribution in [0, 0.1) is 27.7 Å². The van der Waals surface area contributed by atoms with E-state index in [1.54, 1.807) is 0 Å². The monoisotopic (exact) mass is 308 g/mol. The van der Waals surface area contributed by atoms with Gasteiger partial charge < -0.3 is 0 Å². The largest absolute Gasteiger partial charge is 0.146 e. The van der Waals surface area contributed by atoms with Gasteiger partial charge in [0.15, 0.2) is 0 Å². The third-order valence-electron chi connectivity index (χ3n) is 3.18. The fourth-order valence-electron chi connectivity index (χ4n) is 2.00. The van der Waals surface area contributed by atoms with Crippen molar-refractivity contribution < 1.29 is 0 Å². The molecule has 0 radical (unpaired) electrons. The second-order valence-electron chi connectivity index (χ2n) is 4.57. The number of halogens is 1. The molecule has 0 fully saturated rings. The predicted molar refractivity (Wildman–Crippen MR) is 80.5 cm³/mol. The van der Waals surface area contributed by atoms with Gasteiger partial charge in [0, 0.05) is 9.75 Å². The molecule has 0 nitrogen and oxygen atoms in total. The molecule has 17 heavy (non-hydrogen) atoms. The SMILES string of the molecule is Cc1cc(C(Br)c2ccc(C)c(C)c2)c(C)s1. The van der Waals surface area contributed by atoms with E-state index in [1.165, 1.54) is 32.0 Å². The maximum atomic E-state index is 3.82. The van der Waals surface area contributed by atoms with Crippen molar-refractivity contribution in [3.8, 4) is 0 Å². The Morgan fingerprint density at radius 2 is 1.71 bits per heavy atom. The van der Waals surface area contributed by atoms with Gasteiger partial charge in [0.05, 0.1) is 4.83 Å². The van der Waals surface area contributed by atoms with Gasteiger partial charge in [-0.05, 0) is 56.0 Å². The standard InChI is InChI=1S/C15H17BrS/c1-9-5-6-13(7-10(9)2)15(16)14-8-11(3)17-12(14)4/h5-8,15H,1-4H3. The highest BCUT2D eigenvalue weighted by atomic mass is 79.9. The summed E-state index contributed by atoms with van der Waals surface area (Å²) < 4.78 is 0. The van der Waals surface area contributed by atoms with Crippen molar-refractivity contribution in [1.29, 1.82) is 0 Å². The summed E-state index contributed by atoms with van der Waals surface area (Å²) in [6.45, 7) is 8.69. The third kappa shape index (κ3) is 2.63. The first kappa shape index (κ1) is 12.8. The lowest BCUT2D eigenvalue weighted by Crippen LogP contribution is -1.94. The second kappa shape index (κ2) is 4.95. The highest BCUT2D eigenvalue weighted by Gasteiger charge is 2.15. The molecular formula is C15H17BrS. The number of thiophene rings is 1. The number of alkyl halides is 1. The number of aryl methyl sites for hydroxylation is 4. The Morgan fingerprint density at radius 3 is 2.24 bits per heavy atom. The minimum atomic E-state index is 0.312. The highest BCUT2D eigenvalue weighted by molar-refractivity contribution is 9.09. The second-order valence-corrected chi connectivity index (χ2v) is 6.95. The van der Waals surface area contributed by atoms with Gasteiger partial charge in [-0.15, -0.1) is 11.3 Å². The molecule has 1 aromatic heterocycles. The van der Waals surface area contributed by atoms with Crippen LogP contribution in [0.15, 0.2) is 24.3 Å². The van der Waals surface area contributed by atoms with Gasteiger partial charge in [-0.3, -0.25) is 0 Å². The Bertz CT molecular complexity index is 540. The van der Waals surface area contributed by atoms with Crippen LogP contribution in [0.5, 0.6) is 0 Å². The molecule has 1 unspecified atom stereocenters. The van der Waals surface area contributed by atoms with Crippen molar-refractivity contribution in [3.05, 3.63) is 56.3 Å². The number of hydrogen-bond donors (Lipinski definition) is 0. The molecule has 1 atom stereocenters. The van der Waals surface area contributed by atoms with Gasteiger partial charge in [-0.1, -0.05) is 34.1 Å². The maximum absolute atomic E-state index is 3.82. The van der Waals surface area contributed by atoms with Gasteiger partial charge in [-0.2, -0.15) is 0 Å². The average molecular weight is 309 g/mol. The van der Waals surface area contributed by atoms with Crippen LogP contribution in [0.1, 0.15) is 36.8 Å². The molecule has 2 rings (SSSR count). The van der Waals surface area contributed by atoms with Gasteiger partial charge in [-0.25, -0.2) is 0 Å². The molecule has 0 bridgehead atoms. The molecular weight excluding hydrogens is 292 g/mol. The zero-order valence-electron chi connectivity index (χ0n) is 10.7. The van der Waals surface area contributed by atoms with Crippen LogP contribution in [0.4, 0.5) is 0 Å². The minimum Gasteiger partial charge on any atom is -0.146 e. The van der Waals surface area contributed by atoms with Crippen molar-refractivity contribution >= 4 is 27.3 Å². The Kier molecular flexibility index (Phi) is 3.74. The summed E-state index contributed by atoms with van der Waals surface area (Å²) in [4.78, 5) is 3.10. The van der Waals surface area contributed by atoms with Crippen molar-refractivity contribution in [3.63, 3.8) is 0 Å². The molecule has 0 spiro atoms. The first-order chi connectivity index (χ1) is 7.99. The Hall–Kier alpha value is -0.600. The summed E-state index contributed by atoms with van der Waals surface area (Å²) in [5, 5.41) is 0. The van der Waals surface area contributed by atoms with Crippen LogP contribution in [-0.4, -0.2) is 0 Å². The topological polar surface area (TPSA) is 0 Å². The summed E-state index contributed by atoms with van der Waals surface area (Å²) in [6.07, 6.45) is 0. The van der Waals surface area contributed by atoms with Gasteiger partial charge >= 0.3 is 0 Å². The Labute approximate surface area is 116 Å². The van der Waals surface area contributed by atoms with E-state index in [2.05, 4.69) is 67.9 Å². The van der Waals surface area contributed by atoms with Crippen molar-refractivity contribution in [2.75, 3.05) is 0 Å². The molecule has 0 aliphatic carbocycles. The zero-order valence-corrected chi connectivity index (χ0v) is 13.1. The molecule has 0 aliphatic heterocycles. The number of benzene rings is 1. The van der Waals surface area contributed by atoms with Crippen LogP contribution in [0.3, 0.4) is 0 Å². The van der Waals surface area contributed by atoms with E-state index in [1.807, 2.05) is 11.3 Å². The van der Waals surface area contributed by atoms with E-state index < -0.39 is 0 Å². The van der Waals surface area contributed by atoms with Crippen molar-refractivity contribution in [2.24, 2.45) is 0 Å². The Morgan fingerprint density at radius 1 is 1.00 bits per heavy atom. The first-order valence-electron chi connectivity index (χ1n) is 5.77. The molecule has 0 saturated heterocycles. The van der Waals surface area contributed by atoms with Crippen LogP contribution in [0.2, 0.25) is 0 Å². The molecule has 2 heteroatoms. The highest BCUT2D eigenvalue weighted by Crippen LogP contribution is 2.37. The number of rotatable bonds is 2. The van der Waals surface area contributed by atoms with E-state index in [0.29, 0.717) is 4.83 Å². The van der Waals surface area contributed by atoms with Crippen LogP contribution < -0.4 is 0 Å². The van der Waals surface area contributed by atoms with Gasteiger partial charge in [0.1, 0.15) is 0 Å². The van der Waals surface area contributed by atoms with Crippen molar-refractivity contribution in [1.82, 2.24) is 0 Å². The summed E-state index contributed by atoms with van der Waals surface area (Å²) in [7, 11) is 0. The first-order valence-corrected chi connectivity index (χ1v) is 7.50. The molecule has 90 valence electrons. The summed E-state index contributed by atoms with van der Waals surface area (Å²) in [5.41, 5.74) is 5.45. The van der Waals surface area contributed by atoms with Crippen molar-refractivity contribution in [2.45, 2.75) is 32.5 Å². The van der Waals surface area contributed by atoms with Crippen LogP contribution >= 0.6 is 27.3 Å². The van der Waals surface area contributed by atoms with E-state index in [-0.39, 0.29) is 0 Å². The number of hydrogen-bond acceptors (Lipinski definition) is 1. The van der Waals surface area contributed by atoms with E-state index in [4.69, 9.17) is 0 Å². The molecule has 0 N–H and O–H groups in total. The summed E-state index contributed by atoms with van der Waals surface area (Å²) in [5.74, 6) is 0. The third-order valence-corrected chi connectivity index (χ3v) is 5.18. The molecule has 2 aromatic rings. The van der Waals surface area contributed by atoms with E-state index in [0.717, 1.165) is 0 Å². The smallest absolute Gasteiger partial charge is 0.0655 e. The molecule has 1 aromatic carbocycles. The predicted octanol–water partition coefficient (Wildman–Crippen LogP) is 5.47. The molecule has 1 heterocycles. The quantitative estimate of drug-likeness (QED) is 0.646. The van der Waals surface area contributed by atoms with Gasteiger partial charge in [0.2, 0.25) is 0 Å². The lowest BCUT2D eigenvalue weighted by atomic mass is 10.0. The maximum Gasteiger partial charge on any atom is 0.0655 e. The van der Waals surface area contributed by atoms with E-state index in [9.17, 15) is 0 Å². The minimum absolute atomic E-state index is 0.312. The Balaban J connectivity index is 2.40.